The summed E-state index contributed by atoms with van der Waals surface area (Å²) in [6.45, 7) is 3.78. The minimum Gasteiger partial charge on any atom is -0.382 e. The Labute approximate surface area is 172 Å². The normalized spacial score (nSPS) is 19.0. The van der Waals surface area contributed by atoms with Gasteiger partial charge in [-0.1, -0.05) is 23.4 Å². The maximum Gasteiger partial charge on any atom is 0.211 e. The lowest BCUT2D eigenvalue weighted by Crippen LogP contribution is -2.41. The van der Waals surface area contributed by atoms with Crippen LogP contribution in [0.1, 0.15) is 19.3 Å². The minimum absolute atomic E-state index is 0.328. The van der Waals surface area contributed by atoms with Crippen LogP contribution in [0.15, 0.2) is 40.6 Å². The number of nitrogens with two attached hydrogens (primary N) is 1. The number of rotatable bonds is 3. The van der Waals surface area contributed by atoms with Gasteiger partial charge in [-0.25, -0.2) is 15.0 Å². The molecule has 0 amide bonds. The van der Waals surface area contributed by atoms with E-state index in [9.17, 15) is 0 Å². The highest BCUT2D eigenvalue weighted by Gasteiger charge is 2.38. The highest BCUT2D eigenvalue weighted by atomic mass is 35.5. The SMILES string of the molecule is Nc1nccc(Sc2cnc(N3CCC4(CCOC4)CC3)n3ccnc23)c1Cl. The molecule has 9 heteroatoms. The summed E-state index contributed by atoms with van der Waals surface area (Å²) in [7, 11) is 0. The van der Waals surface area contributed by atoms with E-state index in [2.05, 4.69) is 19.3 Å². The van der Waals surface area contributed by atoms with Gasteiger partial charge in [0.2, 0.25) is 5.95 Å². The van der Waals surface area contributed by atoms with Gasteiger partial charge in [-0.2, -0.15) is 0 Å². The molecule has 2 aliphatic heterocycles. The number of fused-ring (bicyclic) bond motifs is 1. The number of anilines is 2. The molecule has 5 heterocycles. The van der Waals surface area contributed by atoms with E-state index < -0.39 is 0 Å². The first-order valence-corrected chi connectivity index (χ1v) is 10.6. The van der Waals surface area contributed by atoms with Crippen molar-refractivity contribution in [1.82, 2.24) is 19.4 Å². The van der Waals surface area contributed by atoms with E-state index in [1.165, 1.54) is 18.2 Å². The van der Waals surface area contributed by atoms with Crippen molar-refractivity contribution in [3.05, 3.63) is 35.9 Å². The Morgan fingerprint density at radius 2 is 1.96 bits per heavy atom. The lowest BCUT2D eigenvalue weighted by atomic mass is 9.78. The molecule has 3 aromatic heterocycles. The fourth-order valence-corrected chi connectivity index (χ4v) is 5.19. The Morgan fingerprint density at radius 3 is 2.75 bits per heavy atom. The summed E-state index contributed by atoms with van der Waals surface area (Å²) in [5.74, 6) is 1.26. The molecule has 0 bridgehead atoms. The number of nitrogen functional groups attached to an aromatic ring is 1. The van der Waals surface area contributed by atoms with Crippen molar-refractivity contribution in [3.8, 4) is 0 Å². The average molecular weight is 417 g/mol. The quantitative estimate of drug-likeness (QED) is 0.699. The molecule has 2 fully saturated rings. The molecular weight excluding hydrogens is 396 g/mol. The van der Waals surface area contributed by atoms with E-state index in [4.69, 9.17) is 27.1 Å². The molecule has 7 nitrogen and oxygen atoms in total. The molecule has 1 spiro atoms. The number of piperidine rings is 1. The fourth-order valence-electron chi connectivity index (χ4n) is 4.05. The summed E-state index contributed by atoms with van der Waals surface area (Å²) in [6.07, 6.45) is 10.8. The van der Waals surface area contributed by atoms with Crippen molar-refractivity contribution < 1.29 is 4.74 Å². The molecule has 0 unspecified atom stereocenters. The zero-order valence-electron chi connectivity index (χ0n) is 15.3. The van der Waals surface area contributed by atoms with Gasteiger partial charge in [0.15, 0.2) is 5.65 Å². The van der Waals surface area contributed by atoms with Crippen molar-refractivity contribution in [1.29, 1.82) is 0 Å². The third kappa shape index (κ3) is 3.09. The monoisotopic (exact) mass is 416 g/mol. The second-order valence-corrected chi connectivity index (χ2v) is 8.91. The molecule has 0 aromatic carbocycles. The van der Waals surface area contributed by atoms with Gasteiger partial charge in [0.1, 0.15) is 5.82 Å². The van der Waals surface area contributed by atoms with Crippen molar-refractivity contribution in [3.63, 3.8) is 0 Å². The summed E-state index contributed by atoms with van der Waals surface area (Å²) < 4.78 is 7.71. The number of aromatic nitrogens is 4. The Morgan fingerprint density at radius 1 is 1.11 bits per heavy atom. The number of hydrogen-bond acceptors (Lipinski definition) is 7. The van der Waals surface area contributed by atoms with Crippen LogP contribution in [0.25, 0.3) is 5.65 Å². The standard InChI is InChI=1S/C19H21ClN6OS/c20-15-13(1-5-22-16(15)21)28-14-11-24-18(26-9-6-23-17(14)26)25-7-2-19(3-8-25)4-10-27-12-19/h1,5-6,9,11H,2-4,7-8,10,12H2,(H2,21,22). The topological polar surface area (TPSA) is 81.6 Å². The molecule has 146 valence electrons. The van der Waals surface area contributed by atoms with Gasteiger partial charge in [-0.05, 0) is 30.7 Å². The highest BCUT2D eigenvalue weighted by molar-refractivity contribution is 7.99. The Hall–Kier alpha value is -2.03. The molecule has 0 saturated carbocycles. The molecule has 0 atom stereocenters. The number of ether oxygens (including phenoxy) is 1. The van der Waals surface area contributed by atoms with Gasteiger partial charge in [0, 0.05) is 49.4 Å². The molecule has 0 radical (unpaired) electrons. The molecule has 3 aromatic rings. The summed E-state index contributed by atoms with van der Waals surface area (Å²) in [6, 6.07) is 1.85. The van der Waals surface area contributed by atoms with Crippen molar-refractivity contribution in [2.75, 3.05) is 36.9 Å². The minimum atomic E-state index is 0.328. The van der Waals surface area contributed by atoms with E-state index in [1.54, 1.807) is 6.20 Å². The van der Waals surface area contributed by atoms with Crippen LogP contribution in [-0.4, -0.2) is 45.7 Å². The zero-order valence-corrected chi connectivity index (χ0v) is 16.9. The van der Waals surface area contributed by atoms with E-state index in [-0.39, 0.29) is 0 Å². The van der Waals surface area contributed by atoms with Gasteiger partial charge in [-0.15, -0.1) is 0 Å². The van der Waals surface area contributed by atoms with Gasteiger partial charge < -0.3 is 15.4 Å². The number of nitrogens with zero attached hydrogens (tertiary/aromatic N) is 5. The molecule has 2 N–H and O–H groups in total. The maximum atomic E-state index is 6.31. The van der Waals surface area contributed by atoms with Crippen LogP contribution >= 0.6 is 23.4 Å². The van der Waals surface area contributed by atoms with Gasteiger partial charge >= 0.3 is 0 Å². The Kier molecular flexibility index (Phi) is 4.57. The maximum absolute atomic E-state index is 6.31. The van der Waals surface area contributed by atoms with Gasteiger partial charge in [0.25, 0.3) is 0 Å². The first kappa shape index (κ1) is 18.0. The predicted octanol–water partition coefficient (Wildman–Crippen LogP) is 3.52. The Balaban J connectivity index is 1.43. The van der Waals surface area contributed by atoms with Crippen LogP contribution < -0.4 is 10.6 Å². The predicted molar refractivity (Wildman–Crippen MR) is 110 cm³/mol. The molecule has 5 rings (SSSR count). The van der Waals surface area contributed by atoms with E-state index in [0.717, 1.165) is 60.5 Å². The molecule has 28 heavy (non-hydrogen) atoms. The summed E-state index contributed by atoms with van der Waals surface area (Å²) >= 11 is 7.81. The highest BCUT2D eigenvalue weighted by Crippen LogP contribution is 2.41. The third-order valence-electron chi connectivity index (χ3n) is 5.77. The lowest BCUT2D eigenvalue weighted by Gasteiger charge is -2.38. The number of hydrogen-bond donors (Lipinski definition) is 1. The van der Waals surface area contributed by atoms with Crippen LogP contribution in [-0.2, 0) is 4.74 Å². The third-order valence-corrected chi connectivity index (χ3v) is 7.34. The zero-order chi connectivity index (χ0) is 19.1. The van der Waals surface area contributed by atoms with Gasteiger partial charge in [-0.3, -0.25) is 4.40 Å². The second-order valence-electron chi connectivity index (χ2n) is 7.44. The van der Waals surface area contributed by atoms with Crippen LogP contribution in [0, 0.1) is 5.41 Å². The molecule has 0 aliphatic carbocycles. The van der Waals surface area contributed by atoms with Crippen molar-refractivity contribution in [2.45, 2.75) is 29.1 Å². The molecule has 2 saturated heterocycles. The lowest BCUT2D eigenvalue weighted by molar-refractivity contribution is 0.133. The second kappa shape index (κ2) is 7.09. The summed E-state index contributed by atoms with van der Waals surface area (Å²) in [5.41, 5.74) is 7.07. The largest absolute Gasteiger partial charge is 0.382 e. The van der Waals surface area contributed by atoms with Crippen molar-refractivity contribution in [2.24, 2.45) is 5.41 Å². The molecular formula is C19H21ClN6OS. The van der Waals surface area contributed by atoms with Crippen LogP contribution in [0.5, 0.6) is 0 Å². The average Bonchev–Trinajstić information content (AvgIpc) is 3.37. The molecule has 2 aliphatic rings. The number of halogens is 1. The van der Waals surface area contributed by atoms with E-state index in [0.29, 0.717) is 16.3 Å². The first-order chi connectivity index (χ1) is 13.7. The fraction of sp³-hybridized carbons (Fsp3) is 0.421. The van der Waals surface area contributed by atoms with Crippen molar-refractivity contribution >= 4 is 40.8 Å². The van der Waals surface area contributed by atoms with E-state index >= 15 is 0 Å². The summed E-state index contributed by atoms with van der Waals surface area (Å²) in [4.78, 5) is 17.5. The van der Waals surface area contributed by atoms with Gasteiger partial charge in [0.05, 0.1) is 16.5 Å². The van der Waals surface area contributed by atoms with Crippen LogP contribution in [0.3, 0.4) is 0 Å². The Bertz CT molecular complexity index is 1010. The number of pyridine rings is 1. The number of imidazole rings is 1. The smallest absolute Gasteiger partial charge is 0.211 e. The van der Waals surface area contributed by atoms with E-state index in [1.807, 2.05) is 24.7 Å². The first-order valence-electron chi connectivity index (χ1n) is 9.38. The van der Waals surface area contributed by atoms with Crippen LogP contribution in [0.2, 0.25) is 5.02 Å². The van der Waals surface area contributed by atoms with Crippen LogP contribution in [0.4, 0.5) is 11.8 Å². The summed E-state index contributed by atoms with van der Waals surface area (Å²) in [5, 5.41) is 0.460.